The molecule has 0 aliphatic carbocycles. The summed E-state index contributed by atoms with van der Waals surface area (Å²) in [5.41, 5.74) is 2.53. The van der Waals surface area contributed by atoms with Crippen LogP contribution in [0.1, 0.15) is 42.9 Å². The van der Waals surface area contributed by atoms with Crippen LogP contribution in [0.15, 0.2) is 48.5 Å². The monoisotopic (exact) mass is 463 g/mol. The molecule has 1 unspecified atom stereocenters. The standard InChI is InChI=1S/C28H37N3O3/c1-29(19-22-6-3-2-4-7-22)20-23-11-14-30(15-12-23)21-28(32)31-13-5-8-25(31)24-9-10-26-27(18-24)34-17-16-33-26/h2-4,6-7,9-10,18,23,25H,5,8,11-17,19-21H2,1H3. The van der Waals surface area contributed by atoms with Crippen LogP contribution >= 0.6 is 0 Å². The van der Waals surface area contributed by atoms with Crippen molar-refractivity contribution in [1.82, 2.24) is 14.7 Å². The van der Waals surface area contributed by atoms with Gasteiger partial charge in [0.05, 0.1) is 12.6 Å². The Labute approximate surface area is 203 Å². The predicted molar refractivity (Wildman–Crippen MR) is 133 cm³/mol. The topological polar surface area (TPSA) is 45.2 Å². The van der Waals surface area contributed by atoms with Crippen molar-refractivity contribution in [3.8, 4) is 11.5 Å². The van der Waals surface area contributed by atoms with Crippen molar-refractivity contribution in [1.29, 1.82) is 0 Å². The van der Waals surface area contributed by atoms with Crippen molar-refractivity contribution in [3.63, 3.8) is 0 Å². The Bertz CT molecular complexity index is 959. The zero-order valence-corrected chi connectivity index (χ0v) is 20.3. The quantitative estimate of drug-likeness (QED) is 0.622. The minimum absolute atomic E-state index is 0.146. The number of rotatable bonds is 7. The summed E-state index contributed by atoms with van der Waals surface area (Å²) in [5, 5.41) is 0. The fraction of sp³-hybridized carbons (Fsp3) is 0.536. The number of benzene rings is 2. The lowest BCUT2D eigenvalue weighted by Crippen LogP contribution is -2.44. The molecule has 0 saturated carbocycles. The van der Waals surface area contributed by atoms with Gasteiger partial charge in [-0.1, -0.05) is 36.4 Å². The summed E-state index contributed by atoms with van der Waals surface area (Å²) >= 11 is 0. The van der Waals surface area contributed by atoms with Crippen LogP contribution in [0.5, 0.6) is 11.5 Å². The molecule has 3 heterocycles. The molecule has 6 nitrogen and oxygen atoms in total. The third kappa shape index (κ3) is 5.56. The van der Waals surface area contributed by atoms with Gasteiger partial charge in [0.2, 0.25) is 5.91 Å². The molecular formula is C28H37N3O3. The van der Waals surface area contributed by atoms with Crippen LogP contribution in [0.3, 0.4) is 0 Å². The largest absolute Gasteiger partial charge is 0.486 e. The lowest BCUT2D eigenvalue weighted by atomic mass is 9.96. The van der Waals surface area contributed by atoms with Crippen molar-refractivity contribution in [3.05, 3.63) is 59.7 Å². The van der Waals surface area contributed by atoms with Crippen LogP contribution in [0.2, 0.25) is 0 Å². The van der Waals surface area contributed by atoms with Gasteiger partial charge in [-0.2, -0.15) is 0 Å². The van der Waals surface area contributed by atoms with Crippen LogP contribution in [-0.4, -0.2) is 73.6 Å². The molecule has 2 aromatic rings. The molecular weight excluding hydrogens is 426 g/mol. The number of ether oxygens (including phenoxy) is 2. The van der Waals surface area contributed by atoms with E-state index in [-0.39, 0.29) is 11.9 Å². The Morgan fingerprint density at radius 3 is 2.53 bits per heavy atom. The lowest BCUT2D eigenvalue weighted by molar-refractivity contribution is -0.133. The number of amides is 1. The minimum Gasteiger partial charge on any atom is -0.486 e. The summed E-state index contributed by atoms with van der Waals surface area (Å²) in [6.45, 7) is 6.70. The number of hydrogen-bond donors (Lipinski definition) is 0. The van der Waals surface area contributed by atoms with Gasteiger partial charge in [0.1, 0.15) is 13.2 Å². The van der Waals surface area contributed by atoms with Gasteiger partial charge >= 0.3 is 0 Å². The van der Waals surface area contributed by atoms with Crippen molar-refractivity contribution >= 4 is 5.91 Å². The van der Waals surface area contributed by atoms with Crippen LogP contribution in [-0.2, 0) is 11.3 Å². The SMILES string of the molecule is CN(Cc1ccccc1)CC1CCN(CC(=O)N2CCCC2c2ccc3c(c2)OCCO3)CC1. The molecule has 2 saturated heterocycles. The van der Waals surface area contributed by atoms with E-state index in [1.54, 1.807) is 0 Å². The molecule has 2 aromatic carbocycles. The van der Waals surface area contributed by atoms with Crippen LogP contribution in [0, 0.1) is 5.92 Å². The molecule has 34 heavy (non-hydrogen) atoms. The maximum Gasteiger partial charge on any atom is 0.237 e. The van der Waals surface area contributed by atoms with E-state index in [9.17, 15) is 4.79 Å². The molecule has 0 N–H and O–H groups in total. The minimum atomic E-state index is 0.146. The molecule has 0 bridgehead atoms. The van der Waals surface area contributed by atoms with E-state index in [4.69, 9.17) is 9.47 Å². The number of likely N-dealkylation sites (tertiary alicyclic amines) is 2. The Hall–Kier alpha value is -2.57. The third-order valence-corrected chi connectivity index (χ3v) is 7.46. The predicted octanol–water partition coefficient (Wildman–Crippen LogP) is 3.97. The maximum absolute atomic E-state index is 13.3. The van der Waals surface area contributed by atoms with Gasteiger partial charge in [-0.25, -0.2) is 0 Å². The highest BCUT2D eigenvalue weighted by atomic mass is 16.6. The van der Waals surface area contributed by atoms with Gasteiger partial charge < -0.3 is 19.3 Å². The molecule has 0 spiro atoms. The highest BCUT2D eigenvalue weighted by Crippen LogP contribution is 2.38. The zero-order valence-electron chi connectivity index (χ0n) is 20.3. The molecule has 0 radical (unpaired) electrons. The van der Waals surface area contributed by atoms with Gasteiger partial charge in [0, 0.05) is 19.6 Å². The molecule has 0 aromatic heterocycles. The number of carbonyl (C=O) groups is 1. The van der Waals surface area contributed by atoms with E-state index in [1.165, 1.54) is 5.56 Å². The number of nitrogens with zero attached hydrogens (tertiary/aromatic N) is 3. The van der Waals surface area contributed by atoms with Crippen LogP contribution in [0.25, 0.3) is 0 Å². The Morgan fingerprint density at radius 2 is 1.74 bits per heavy atom. The van der Waals surface area contributed by atoms with Crippen molar-refractivity contribution in [2.75, 3.05) is 53.0 Å². The summed E-state index contributed by atoms with van der Waals surface area (Å²) in [4.78, 5) is 20.1. The highest BCUT2D eigenvalue weighted by Gasteiger charge is 2.32. The molecule has 3 aliphatic rings. The number of carbonyl (C=O) groups excluding carboxylic acids is 1. The van der Waals surface area contributed by atoms with E-state index in [1.807, 2.05) is 6.07 Å². The molecule has 3 aliphatic heterocycles. The second kappa shape index (κ2) is 10.8. The fourth-order valence-electron chi connectivity index (χ4n) is 5.69. The average Bonchev–Trinajstić information content (AvgIpc) is 3.36. The summed E-state index contributed by atoms with van der Waals surface area (Å²) in [6, 6.07) is 17.0. The smallest absolute Gasteiger partial charge is 0.237 e. The van der Waals surface area contributed by atoms with Gasteiger partial charge in [0.25, 0.3) is 0 Å². The van der Waals surface area contributed by atoms with Gasteiger partial charge in [-0.3, -0.25) is 9.69 Å². The molecule has 2 fully saturated rings. The number of piperidine rings is 1. The zero-order chi connectivity index (χ0) is 23.3. The number of hydrogen-bond acceptors (Lipinski definition) is 5. The lowest BCUT2D eigenvalue weighted by Gasteiger charge is -2.35. The van der Waals surface area contributed by atoms with Gasteiger partial charge in [0.15, 0.2) is 11.5 Å². The van der Waals surface area contributed by atoms with Crippen molar-refractivity contribution in [2.45, 2.75) is 38.3 Å². The van der Waals surface area contributed by atoms with Crippen molar-refractivity contribution < 1.29 is 14.3 Å². The maximum atomic E-state index is 13.3. The van der Waals surface area contributed by atoms with E-state index < -0.39 is 0 Å². The first kappa shape index (κ1) is 23.2. The van der Waals surface area contributed by atoms with E-state index in [2.05, 4.69) is 64.2 Å². The normalized spacial score (nSPS) is 21.2. The van der Waals surface area contributed by atoms with Crippen molar-refractivity contribution in [2.24, 2.45) is 5.92 Å². The Balaban J connectivity index is 1.10. The van der Waals surface area contributed by atoms with E-state index in [0.717, 1.165) is 75.5 Å². The third-order valence-electron chi connectivity index (χ3n) is 7.46. The summed E-state index contributed by atoms with van der Waals surface area (Å²) < 4.78 is 11.4. The average molecular weight is 464 g/mol. The molecule has 5 rings (SSSR count). The molecule has 6 heteroatoms. The van der Waals surface area contributed by atoms with E-state index >= 15 is 0 Å². The highest BCUT2D eigenvalue weighted by molar-refractivity contribution is 5.79. The van der Waals surface area contributed by atoms with E-state index in [0.29, 0.717) is 25.7 Å². The van der Waals surface area contributed by atoms with Crippen LogP contribution in [0.4, 0.5) is 0 Å². The Morgan fingerprint density at radius 1 is 0.971 bits per heavy atom. The first-order valence-electron chi connectivity index (χ1n) is 12.8. The summed E-state index contributed by atoms with van der Waals surface area (Å²) in [7, 11) is 2.22. The summed E-state index contributed by atoms with van der Waals surface area (Å²) in [5.74, 6) is 2.58. The second-order valence-electron chi connectivity index (χ2n) is 10.1. The Kier molecular flexibility index (Phi) is 7.36. The van der Waals surface area contributed by atoms with Crippen LogP contribution < -0.4 is 9.47 Å². The van der Waals surface area contributed by atoms with Gasteiger partial charge in [-0.05, 0) is 75.0 Å². The second-order valence-corrected chi connectivity index (χ2v) is 10.1. The summed E-state index contributed by atoms with van der Waals surface area (Å²) in [6.07, 6.45) is 4.40. The van der Waals surface area contributed by atoms with Gasteiger partial charge in [-0.15, -0.1) is 0 Å². The first-order chi connectivity index (χ1) is 16.7. The molecule has 1 atom stereocenters. The first-order valence-corrected chi connectivity index (χ1v) is 12.8. The molecule has 1 amide bonds. The number of fused-ring (bicyclic) bond motifs is 1. The molecule has 182 valence electrons. The fourth-order valence-corrected chi connectivity index (χ4v) is 5.69.